The lowest BCUT2D eigenvalue weighted by Gasteiger charge is -1.79. The lowest BCUT2D eigenvalue weighted by atomic mass is 10.4. The van der Waals surface area contributed by atoms with Crippen LogP contribution in [0.2, 0.25) is 0 Å². The van der Waals surface area contributed by atoms with Gasteiger partial charge in [0, 0.05) is 23.5 Å². The molecule has 64 valence electrons. The van der Waals surface area contributed by atoms with Crippen molar-refractivity contribution >= 4 is 43.7 Å². The number of amides is 2. The Bertz CT molecular complexity index is 134. The van der Waals surface area contributed by atoms with E-state index in [2.05, 4.69) is 37.2 Å². The Balaban J connectivity index is 0.000000218. The van der Waals surface area contributed by atoms with Crippen molar-refractivity contribution in [2.45, 2.75) is 12.8 Å². The van der Waals surface area contributed by atoms with Crippen molar-refractivity contribution in [1.82, 2.24) is 5.32 Å². The molecular formula is C6H9Br2NO2. The second-order valence-electron chi connectivity index (χ2n) is 1.85. The van der Waals surface area contributed by atoms with E-state index in [1.54, 1.807) is 0 Å². The highest BCUT2D eigenvalue weighted by molar-refractivity contribution is 9.11. The summed E-state index contributed by atoms with van der Waals surface area (Å²) in [7, 11) is 0. The van der Waals surface area contributed by atoms with E-state index in [-0.39, 0.29) is 11.8 Å². The Morgan fingerprint density at radius 3 is 1.55 bits per heavy atom. The highest BCUT2D eigenvalue weighted by atomic mass is 79.9. The summed E-state index contributed by atoms with van der Waals surface area (Å²) in [5.41, 5.74) is 0. The van der Waals surface area contributed by atoms with Crippen molar-refractivity contribution in [3.63, 3.8) is 0 Å². The minimum atomic E-state index is -0.148. The van der Waals surface area contributed by atoms with Crippen molar-refractivity contribution in [2.24, 2.45) is 0 Å². The Kier molecular flexibility index (Phi) is 6.85. The Morgan fingerprint density at radius 2 is 1.45 bits per heavy atom. The summed E-state index contributed by atoms with van der Waals surface area (Å²) in [6.07, 6.45) is 0.748. The van der Waals surface area contributed by atoms with E-state index < -0.39 is 0 Å². The van der Waals surface area contributed by atoms with E-state index in [1.165, 1.54) is 0 Å². The number of carbonyl (C=O) groups excluding carboxylic acids is 2. The van der Waals surface area contributed by atoms with Crippen molar-refractivity contribution in [1.29, 1.82) is 0 Å². The third kappa shape index (κ3) is 6.50. The van der Waals surface area contributed by atoms with Crippen LogP contribution in [0.1, 0.15) is 12.8 Å². The predicted molar refractivity (Wildman–Crippen MR) is 50.0 cm³/mol. The van der Waals surface area contributed by atoms with Crippen LogP contribution < -0.4 is 5.32 Å². The van der Waals surface area contributed by atoms with Gasteiger partial charge in [0.05, 0.1) is 0 Å². The molecule has 5 heteroatoms. The molecule has 0 aliphatic carbocycles. The quantitative estimate of drug-likeness (QED) is 0.582. The number of hydrogen-bond donors (Lipinski definition) is 1. The van der Waals surface area contributed by atoms with Crippen molar-refractivity contribution < 1.29 is 9.59 Å². The fourth-order valence-corrected chi connectivity index (χ4v) is 0.508. The summed E-state index contributed by atoms with van der Waals surface area (Å²) >= 11 is 6.40. The minimum absolute atomic E-state index is 0.148. The standard InChI is InChI=1S/C4H5NO2.C2H4Br2/c6-3-1-2-4(7)5-3;3-1-2-4/h1-2H2,(H,5,6,7);1-2H2. The number of nitrogens with one attached hydrogen (secondary N) is 1. The molecule has 1 saturated heterocycles. The van der Waals surface area contributed by atoms with Crippen molar-refractivity contribution in [2.75, 3.05) is 10.7 Å². The lowest BCUT2D eigenvalue weighted by molar-refractivity contribution is -0.124. The fourth-order valence-electron chi connectivity index (χ4n) is 0.508. The fraction of sp³-hybridized carbons (Fsp3) is 0.667. The topological polar surface area (TPSA) is 46.2 Å². The SMILES string of the molecule is BrCCBr.O=C1CCC(=O)N1. The van der Waals surface area contributed by atoms with E-state index in [9.17, 15) is 9.59 Å². The summed E-state index contributed by atoms with van der Waals surface area (Å²) in [6, 6.07) is 0. The van der Waals surface area contributed by atoms with Gasteiger partial charge in [-0.3, -0.25) is 14.9 Å². The molecule has 2 amide bonds. The van der Waals surface area contributed by atoms with Gasteiger partial charge in [-0.2, -0.15) is 0 Å². The maximum absolute atomic E-state index is 10.1. The first kappa shape index (κ1) is 11.1. The zero-order chi connectivity index (χ0) is 8.69. The first-order chi connectivity index (χ1) is 5.20. The molecule has 11 heavy (non-hydrogen) atoms. The van der Waals surface area contributed by atoms with Gasteiger partial charge in [-0.25, -0.2) is 0 Å². The number of rotatable bonds is 1. The number of halogens is 2. The molecule has 0 saturated carbocycles. The molecule has 0 radical (unpaired) electrons. The normalized spacial score (nSPS) is 15.5. The summed E-state index contributed by atoms with van der Waals surface area (Å²) < 4.78 is 0. The first-order valence-electron chi connectivity index (χ1n) is 3.15. The lowest BCUT2D eigenvalue weighted by Crippen LogP contribution is -2.18. The van der Waals surface area contributed by atoms with Crippen LogP contribution in [0.25, 0.3) is 0 Å². The van der Waals surface area contributed by atoms with Crippen LogP contribution in [0.3, 0.4) is 0 Å². The van der Waals surface area contributed by atoms with Gasteiger partial charge in [0.25, 0.3) is 0 Å². The van der Waals surface area contributed by atoms with Crippen LogP contribution in [0.5, 0.6) is 0 Å². The van der Waals surface area contributed by atoms with Gasteiger partial charge in [-0.15, -0.1) is 0 Å². The van der Waals surface area contributed by atoms with Gasteiger partial charge in [-0.05, 0) is 0 Å². The van der Waals surface area contributed by atoms with Crippen LogP contribution >= 0.6 is 31.9 Å². The van der Waals surface area contributed by atoms with Crippen LogP contribution in [0.4, 0.5) is 0 Å². The second kappa shape index (κ2) is 6.79. The number of imide groups is 1. The van der Waals surface area contributed by atoms with E-state index in [0.717, 1.165) is 10.7 Å². The maximum atomic E-state index is 10.1. The molecule has 1 N–H and O–H groups in total. The Morgan fingerprint density at radius 1 is 1.09 bits per heavy atom. The molecule has 1 fully saturated rings. The Hall–Kier alpha value is 0.100. The molecule has 0 aromatic heterocycles. The van der Waals surface area contributed by atoms with Gasteiger partial charge in [-0.1, -0.05) is 31.9 Å². The third-order valence-electron chi connectivity index (χ3n) is 0.929. The van der Waals surface area contributed by atoms with E-state index in [1.807, 2.05) is 0 Å². The molecule has 1 heterocycles. The summed E-state index contributed by atoms with van der Waals surface area (Å²) in [5, 5.41) is 4.24. The van der Waals surface area contributed by atoms with Crippen molar-refractivity contribution in [3.8, 4) is 0 Å². The zero-order valence-corrected chi connectivity index (χ0v) is 9.07. The molecule has 0 atom stereocenters. The molecule has 0 bridgehead atoms. The minimum Gasteiger partial charge on any atom is -0.296 e. The number of alkyl halides is 2. The van der Waals surface area contributed by atoms with Crippen LogP contribution in [-0.4, -0.2) is 22.5 Å². The predicted octanol–water partition coefficient (Wildman–Crippen LogP) is 1.20. The number of carbonyl (C=O) groups is 2. The molecule has 0 unspecified atom stereocenters. The highest BCUT2D eigenvalue weighted by Gasteiger charge is 2.15. The Labute approximate surface area is 82.2 Å². The van der Waals surface area contributed by atoms with Crippen molar-refractivity contribution in [3.05, 3.63) is 0 Å². The smallest absolute Gasteiger partial charge is 0.227 e. The van der Waals surface area contributed by atoms with Crippen LogP contribution in [0, 0.1) is 0 Å². The largest absolute Gasteiger partial charge is 0.296 e. The van der Waals surface area contributed by atoms with Gasteiger partial charge in [0.15, 0.2) is 0 Å². The van der Waals surface area contributed by atoms with Gasteiger partial charge >= 0.3 is 0 Å². The first-order valence-corrected chi connectivity index (χ1v) is 5.39. The average molecular weight is 287 g/mol. The summed E-state index contributed by atoms with van der Waals surface area (Å²) in [5.74, 6) is -0.296. The van der Waals surface area contributed by atoms with Gasteiger partial charge < -0.3 is 0 Å². The molecule has 0 spiro atoms. The summed E-state index contributed by atoms with van der Waals surface area (Å²) in [4.78, 5) is 20.2. The average Bonchev–Trinajstić information content (AvgIpc) is 2.35. The molecule has 1 aliphatic heterocycles. The van der Waals surface area contributed by atoms with E-state index in [0.29, 0.717) is 12.8 Å². The molecule has 3 nitrogen and oxygen atoms in total. The molecule has 0 aromatic carbocycles. The number of hydrogen-bond acceptors (Lipinski definition) is 2. The molecule has 1 aliphatic rings. The van der Waals surface area contributed by atoms with Gasteiger partial charge in [0.2, 0.25) is 11.8 Å². The van der Waals surface area contributed by atoms with Crippen LogP contribution in [-0.2, 0) is 9.59 Å². The second-order valence-corrected chi connectivity index (χ2v) is 3.44. The summed E-state index contributed by atoms with van der Waals surface area (Å²) in [6.45, 7) is 0. The zero-order valence-electron chi connectivity index (χ0n) is 5.90. The molecular weight excluding hydrogens is 278 g/mol. The van der Waals surface area contributed by atoms with Crippen LogP contribution in [0.15, 0.2) is 0 Å². The van der Waals surface area contributed by atoms with E-state index >= 15 is 0 Å². The monoisotopic (exact) mass is 285 g/mol. The maximum Gasteiger partial charge on any atom is 0.227 e. The highest BCUT2D eigenvalue weighted by Crippen LogP contribution is 1.95. The molecule has 1 rings (SSSR count). The molecule has 0 aromatic rings. The van der Waals surface area contributed by atoms with Gasteiger partial charge in [0.1, 0.15) is 0 Å². The van der Waals surface area contributed by atoms with E-state index in [4.69, 9.17) is 0 Å². The third-order valence-corrected chi connectivity index (χ3v) is 2.79.